The first-order chi connectivity index (χ1) is 12.8. The molecule has 2 aliphatic heterocycles. The van der Waals surface area contributed by atoms with Gasteiger partial charge in [0, 0.05) is 69.5 Å². The van der Waals surface area contributed by atoms with Crippen LogP contribution in [0.4, 0.5) is 0 Å². The van der Waals surface area contributed by atoms with E-state index in [-0.39, 0.29) is 5.92 Å². The topological polar surface area (TPSA) is 60.2 Å². The molecule has 2 aromatic heterocycles. The van der Waals surface area contributed by atoms with Gasteiger partial charge < -0.3 is 14.2 Å². The van der Waals surface area contributed by atoms with Crippen LogP contribution in [-0.4, -0.2) is 51.6 Å². The van der Waals surface area contributed by atoms with Gasteiger partial charge in [0.05, 0.1) is 0 Å². The number of carbonyl (C=O) groups excluding carboxylic acids is 1. The third kappa shape index (κ3) is 3.80. The summed E-state index contributed by atoms with van der Waals surface area (Å²) < 4.78 is 7.61. The number of pyridine rings is 1. The van der Waals surface area contributed by atoms with Crippen LogP contribution in [0.1, 0.15) is 43.0 Å². The van der Waals surface area contributed by atoms with Crippen molar-refractivity contribution >= 4 is 5.91 Å². The molecule has 2 aromatic rings. The second kappa shape index (κ2) is 7.99. The Bertz CT molecular complexity index is 724. The molecule has 0 aromatic carbocycles. The van der Waals surface area contributed by atoms with Gasteiger partial charge in [-0.2, -0.15) is 0 Å². The van der Waals surface area contributed by atoms with E-state index in [4.69, 9.17) is 4.74 Å². The molecule has 1 amide bonds. The van der Waals surface area contributed by atoms with Crippen LogP contribution in [-0.2, 0) is 16.1 Å². The predicted molar refractivity (Wildman–Crippen MR) is 97.7 cm³/mol. The summed E-state index contributed by atoms with van der Waals surface area (Å²) in [6.45, 7) is 3.87. The molecule has 1 atom stereocenters. The minimum Gasteiger partial charge on any atom is -0.381 e. The maximum Gasteiger partial charge on any atom is 0.225 e. The van der Waals surface area contributed by atoms with E-state index in [1.165, 1.54) is 5.56 Å². The summed E-state index contributed by atoms with van der Waals surface area (Å²) in [4.78, 5) is 23.7. The Hall–Kier alpha value is -2.21. The third-order valence-electron chi connectivity index (χ3n) is 5.52. The zero-order chi connectivity index (χ0) is 17.8. The number of carbonyl (C=O) groups is 1. The molecular formula is C20H26N4O2. The molecule has 4 heterocycles. The van der Waals surface area contributed by atoms with Crippen LogP contribution in [0.15, 0.2) is 36.9 Å². The van der Waals surface area contributed by atoms with E-state index >= 15 is 0 Å². The molecule has 2 fully saturated rings. The number of likely N-dealkylation sites (tertiary alicyclic amines) is 1. The second-order valence-corrected chi connectivity index (χ2v) is 7.28. The Morgan fingerprint density at radius 1 is 1.15 bits per heavy atom. The van der Waals surface area contributed by atoms with Gasteiger partial charge in [-0.15, -0.1) is 0 Å². The minimum absolute atomic E-state index is 0.138. The fraction of sp³-hybridized carbons (Fsp3) is 0.550. The summed E-state index contributed by atoms with van der Waals surface area (Å²) in [6, 6.07) is 4.07. The van der Waals surface area contributed by atoms with Gasteiger partial charge in [-0.25, -0.2) is 4.98 Å². The quantitative estimate of drug-likeness (QED) is 0.846. The van der Waals surface area contributed by atoms with E-state index in [0.717, 1.165) is 51.1 Å². The van der Waals surface area contributed by atoms with Gasteiger partial charge in [0.15, 0.2) is 0 Å². The molecule has 6 heteroatoms. The molecule has 2 saturated heterocycles. The number of imidazole rings is 1. The number of rotatable bonds is 4. The third-order valence-corrected chi connectivity index (χ3v) is 5.52. The van der Waals surface area contributed by atoms with Gasteiger partial charge in [0.25, 0.3) is 0 Å². The van der Waals surface area contributed by atoms with E-state index in [1.54, 1.807) is 0 Å². The normalized spacial score (nSPS) is 21.7. The van der Waals surface area contributed by atoms with Crippen molar-refractivity contribution in [2.75, 3.05) is 26.3 Å². The smallest absolute Gasteiger partial charge is 0.225 e. The summed E-state index contributed by atoms with van der Waals surface area (Å²) >= 11 is 0. The van der Waals surface area contributed by atoms with E-state index in [1.807, 2.05) is 36.9 Å². The largest absolute Gasteiger partial charge is 0.381 e. The molecule has 0 aliphatic carbocycles. The first kappa shape index (κ1) is 17.2. The molecular weight excluding hydrogens is 328 g/mol. The summed E-state index contributed by atoms with van der Waals surface area (Å²) in [7, 11) is 0. The minimum atomic E-state index is 0.138. The summed E-state index contributed by atoms with van der Waals surface area (Å²) in [6.07, 6.45) is 11.4. The number of amides is 1. The molecule has 0 saturated carbocycles. The fourth-order valence-electron chi connectivity index (χ4n) is 4.09. The lowest BCUT2D eigenvalue weighted by atomic mass is 9.93. The van der Waals surface area contributed by atoms with Gasteiger partial charge in [-0.05, 0) is 43.4 Å². The molecule has 6 nitrogen and oxygen atoms in total. The first-order valence-electron chi connectivity index (χ1n) is 9.58. The van der Waals surface area contributed by atoms with E-state index in [9.17, 15) is 4.79 Å². The van der Waals surface area contributed by atoms with Crippen molar-refractivity contribution in [3.63, 3.8) is 0 Å². The van der Waals surface area contributed by atoms with Crippen molar-refractivity contribution < 1.29 is 9.53 Å². The molecule has 0 spiro atoms. The Kier molecular flexibility index (Phi) is 5.29. The molecule has 26 heavy (non-hydrogen) atoms. The Morgan fingerprint density at radius 2 is 1.96 bits per heavy atom. The maximum absolute atomic E-state index is 12.9. The van der Waals surface area contributed by atoms with Gasteiger partial charge >= 0.3 is 0 Å². The van der Waals surface area contributed by atoms with Crippen molar-refractivity contribution in [2.24, 2.45) is 5.92 Å². The zero-order valence-corrected chi connectivity index (χ0v) is 15.1. The van der Waals surface area contributed by atoms with Gasteiger partial charge in [0.2, 0.25) is 5.91 Å². The maximum atomic E-state index is 12.9. The van der Waals surface area contributed by atoms with Gasteiger partial charge in [0.1, 0.15) is 5.82 Å². The number of piperidine rings is 1. The average molecular weight is 354 g/mol. The van der Waals surface area contributed by atoms with Crippen molar-refractivity contribution in [1.29, 1.82) is 0 Å². The van der Waals surface area contributed by atoms with E-state index in [2.05, 4.69) is 19.4 Å². The average Bonchev–Trinajstić information content (AvgIpc) is 3.17. The molecule has 4 rings (SSSR count). The second-order valence-electron chi connectivity index (χ2n) is 7.28. The Balaban J connectivity index is 1.45. The van der Waals surface area contributed by atoms with Crippen molar-refractivity contribution in [1.82, 2.24) is 19.4 Å². The highest BCUT2D eigenvalue weighted by Gasteiger charge is 2.31. The Labute approximate surface area is 154 Å². The molecule has 2 aliphatic rings. The molecule has 138 valence electrons. The highest BCUT2D eigenvalue weighted by molar-refractivity contribution is 5.79. The zero-order valence-electron chi connectivity index (χ0n) is 15.1. The van der Waals surface area contributed by atoms with Crippen LogP contribution >= 0.6 is 0 Å². The lowest BCUT2D eigenvalue weighted by molar-refractivity contribution is -0.139. The van der Waals surface area contributed by atoms with Crippen LogP contribution in [0.25, 0.3) is 0 Å². The predicted octanol–water partition coefficient (Wildman–Crippen LogP) is 2.46. The van der Waals surface area contributed by atoms with Crippen molar-refractivity contribution in [3.8, 4) is 0 Å². The monoisotopic (exact) mass is 354 g/mol. The van der Waals surface area contributed by atoms with Crippen LogP contribution < -0.4 is 0 Å². The molecule has 0 N–H and O–H groups in total. The van der Waals surface area contributed by atoms with Crippen molar-refractivity contribution in [2.45, 2.75) is 38.1 Å². The van der Waals surface area contributed by atoms with E-state index in [0.29, 0.717) is 25.0 Å². The summed E-state index contributed by atoms with van der Waals surface area (Å²) in [5, 5.41) is 0. The van der Waals surface area contributed by atoms with Crippen molar-refractivity contribution in [3.05, 3.63) is 48.3 Å². The SMILES string of the molecule is O=C(C1CCOCC1)N1CCCC(c2nccn2Cc2ccncc2)C1. The Morgan fingerprint density at radius 3 is 2.77 bits per heavy atom. The van der Waals surface area contributed by atoms with Gasteiger partial charge in [-0.1, -0.05) is 0 Å². The fourth-order valence-corrected chi connectivity index (χ4v) is 4.09. The van der Waals surface area contributed by atoms with Crippen LogP contribution in [0.5, 0.6) is 0 Å². The number of hydrogen-bond donors (Lipinski definition) is 0. The summed E-state index contributed by atoms with van der Waals surface area (Å²) in [5.74, 6) is 1.85. The number of hydrogen-bond acceptors (Lipinski definition) is 4. The number of aromatic nitrogens is 3. The first-order valence-corrected chi connectivity index (χ1v) is 9.58. The molecule has 0 bridgehead atoms. The number of ether oxygens (including phenoxy) is 1. The highest BCUT2D eigenvalue weighted by atomic mass is 16.5. The lowest BCUT2D eigenvalue weighted by Crippen LogP contribution is -2.44. The van der Waals surface area contributed by atoms with Gasteiger partial charge in [-0.3, -0.25) is 9.78 Å². The lowest BCUT2D eigenvalue weighted by Gasteiger charge is -2.35. The van der Waals surface area contributed by atoms with Crippen LogP contribution in [0.3, 0.4) is 0 Å². The van der Waals surface area contributed by atoms with Crippen LogP contribution in [0, 0.1) is 5.92 Å². The summed E-state index contributed by atoms with van der Waals surface area (Å²) in [5.41, 5.74) is 1.21. The highest BCUT2D eigenvalue weighted by Crippen LogP contribution is 2.28. The van der Waals surface area contributed by atoms with E-state index < -0.39 is 0 Å². The number of nitrogens with zero attached hydrogens (tertiary/aromatic N) is 4. The standard InChI is InChI=1S/C20H26N4O2/c25-20(17-5-12-26-13-6-17)24-10-1-2-18(15-24)19-22-9-11-23(19)14-16-3-7-21-8-4-16/h3-4,7-9,11,17-18H,1-2,5-6,10,12-15H2. The molecule has 1 unspecified atom stereocenters. The molecule has 0 radical (unpaired) electrons. The van der Waals surface area contributed by atoms with Crippen LogP contribution in [0.2, 0.25) is 0 Å².